The van der Waals surface area contributed by atoms with Gasteiger partial charge in [-0.25, -0.2) is 4.79 Å². The molecule has 3 rings (SSSR count). The van der Waals surface area contributed by atoms with Crippen molar-refractivity contribution in [1.29, 1.82) is 0 Å². The number of hydrogen-bond donors (Lipinski definition) is 1. The summed E-state index contributed by atoms with van der Waals surface area (Å²) >= 11 is 0. The number of Topliss-reactive ketones (excluding diaryl/α,β-unsaturated/α-hetero) is 1. The summed E-state index contributed by atoms with van der Waals surface area (Å²) in [5.74, 6) is -0.527. The fourth-order valence-corrected chi connectivity index (χ4v) is 2.43. The van der Waals surface area contributed by atoms with Crippen LogP contribution in [0.5, 0.6) is 11.5 Å². The van der Waals surface area contributed by atoms with Crippen molar-refractivity contribution in [3.63, 3.8) is 0 Å². The first-order chi connectivity index (χ1) is 12.4. The highest BCUT2D eigenvalue weighted by Crippen LogP contribution is 2.37. The van der Waals surface area contributed by atoms with Gasteiger partial charge in [0.15, 0.2) is 23.9 Å². The second-order valence-corrected chi connectivity index (χ2v) is 5.80. The van der Waals surface area contributed by atoms with Gasteiger partial charge in [0.1, 0.15) is 0 Å². The third kappa shape index (κ3) is 3.83. The van der Waals surface area contributed by atoms with Crippen LogP contribution in [0, 0.1) is 6.92 Å². The maximum absolute atomic E-state index is 12.1. The van der Waals surface area contributed by atoms with Crippen molar-refractivity contribution >= 4 is 23.3 Å². The van der Waals surface area contributed by atoms with Crippen LogP contribution in [0.2, 0.25) is 0 Å². The lowest BCUT2D eigenvalue weighted by Gasteiger charge is -2.11. The molecule has 1 heterocycles. The molecule has 2 aromatic carbocycles. The molecule has 0 bridgehead atoms. The van der Waals surface area contributed by atoms with Gasteiger partial charge in [0, 0.05) is 11.6 Å². The van der Waals surface area contributed by atoms with Crippen molar-refractivity contribution < 1.29 is 28.6 Å². The molecule has 0 spiro atoms. The van der Waals surface area contributed by atoms with E-state index in [-0.39, 0.29) is 23.8 Å². The minimum Gasteiger partial charge on any atom is -0.454 e. The summed E-state index contributed by atoms with van der Waals surface area (Å²) in [6.07, 6.45) is 0. The molecule has 0 saturated heterocycles. The number of carbonyl (C=O) groups is 3. The molecule has 7 nitrogen and oxygen atoms in total. The maximum atomic E-state index is 12.1. The lowest BCUT2D eigenvalue weighted by Crippen LogP contribution is -2.22. The first kappa shape index (κ1) is 17.5. The number of benzene rings is 2. The van der Waals surface area contributed by atoms with Crippen molar-refractivity contribution in [3.8, 4) is 11.5 Å². The highest BCUT2D eigenvalue weighted by Gasteiger charge is 2.20. The van der Waals surface area contributed by atoms with Crippen LogP contribution in [-0.4, -0.2) is 31.1 Å². The van der Waals surface area contributed by atoms with Gasteiger partial charge in [0.25, 0.3) is 5.91 Å². The number of anilines is 1. The molecule has 1 aliphatic heterocycles. The molecule has 1 aliphatic rings. The Balaban J connectivity index is 1.65. The average molecular weight is 355 g/mol. The van der Waals surface area contributed by atoms with E-state index < -0.39 is 18.5 Å². The van der Waals surface area contributed by atoms with E-state index in [9.17, 15) is 14.4 Å². The van der Waals surface area contributed by atoms with Crippen molar-refractivity contribution in [2.24, 2.45) is 0 Å². The number of carbonyl (C=O) groups excluding carboxylic acids is 3. The predicted octanol–water partition coefficient (Wildman–Crippen LogP) is 2.72. The van der Waals surface area contributed by atoms with Gasteiger partial charge >= 0.3 is 5.97 Å². The molecule has 134 valence electrons. The SMILES string of the molecule is CC(=O)c1cc2c(cc1NC(=O)COC(=O)c1ccc(C)cc1)OCO2. The number of ketones is 1. The Labute approximate surface area is 149 Å². The van der Waals surface area contributed by atoms with E-state index in [0.29, 0.717) is 17.1 Å². The lowest BCUT2D eigenvalue weighted by atomic mass is 10.1. The predicted molar refractivity (Wildman–Crippen MR) is 92.7 cm³/mol. The molecule has 0 atom stereocenters. The average Bonchev–Trinajstić information content (AvgIpc) is 3.06. The maximum Gasteiger partial charge on any atom is 0.338 e. The molecule has 7 heteroatoms. The van der Waals surface area contributed by atoms with Crippen LogP contribution in [0.1, 0.15) is 33.2 Å². The molecule has 1 N–H and O–H groups in total. The Bertz CT molecular complexity index is 872. The zero-order chi connectivity index (χ0) is 18.7. The number of rotatable bonds is 5. The van der Waals surface area contributed by atoms with Gasteiger partial charge in [0.2, 0.25) is 6.79 Å². The number of hydrogen-bond acceptors (Lipinski definition) is 6. The molecule has 1 amide bonds. The smallest absolute Gasteiger partial charge is 0.338 e. The monoisotopic (exact) mass is 355 g/mol. The Morgan fingerprint density at radius 1 is 1.08 bits per heavy atom. The van der Waals surface area contributed by atoms with Crippen molar-refractivity contribution in [2.75, 3.05) is 18.7 Å². The Kier molecular flexibility index (Phi) is 4.88. The van der Waals surface area contributed by atoms with Crippen molar-refractivity contribution in [2.45, 2.75) is 13.8 Å². The third-order valence-electron chi connectivity index (χ3n) is 3.79. The van der Waals surface area contributed by atoms with Gasteiger partial charge in [-0.05, 0) is 32.0 Å². The van der Waals surface area contributed by atoms with Gasteiger partial charge < -0.3 is 19.5 Å². The minimum absolute atomic E-state index is 0.0538. The molecule has 0 aromatic heterocycles. The fraction of sp³-hybridized carbons (Fsp3) is 0.211. The second kappa shape index (κ2) is 7.26. The van der Waals surface area contributed by atoms with Gasteiger partial charge in [0.05, 0.1) is 11.3 Å². The van der Waals surface area contributed by atoms with Gasteiger partial charge in [-0.15, -0.1) is 0 Å². The lowest BCUT2D eigenvalue weighted by molar-refractivity contribution is -0.119. The van der Waals surface area contributed by atoms with E-state index in [2.05, 4.69) is 5.32 Å². The van der Waals surface area contributed by atoms with Gasteiger partial charge in [-0.1, -0.05) is 17.7 Å². The van der Waals surface area contributed by atoms with Gasteiger partial charge in [-0.2, -0.15) is 0 Å². The van der Waals surface area contributed by atoms with E-state index in [1.165, 1.54) is 19.1 Å². The Morgan fingerprint density at radius 3 is 2.38 bits per heavy atom. The topological polar surface area (TPSA) is 90.9 Å². The van der Waals surface area contributed by atoms with Gasteiger partial charge in [-0.3, -0.25) is 9.59 Å². The number of fused-ring (bicyclic) bond motifs is 1. The Hall–Kier alpha value is -3.35. The molecule has 0 saturated carbocycles. The molecular formula is C19H17NO6. The van der Waals surface area contributed by atoms with Crippen LogP contribution >= 0.6 is 0 Å². The van der Waals surface area contributed by atoms with Crippen LogP contribution < -0.4 is 14.8 Å². The van der Waals surface area contributed by atoms with Crippen LogP contribution in [-0.2, 0) is 9.53 Å². The largest absolute Gasteiger partial charge is 0.454 e. The van der Waals surface area contributed by atoms with E-state index in [1.807, 2.05) is 6.92 Å². The summed E-state index contributed by atoms with van der Waals surface area (Å²) in [7, 11) is 0. The molecular weight excluding hydrogens is 338 g/mol. The normalized spacial score (nSPS) is 11.8. The summed E-state index contributed by atoms with van der Waals surface area (Å²) in [5, 5.41) is 2.56. The van der Waals surface area contributed by atoms with Crippen molar-refractivity contribution in [1.82, 2.24) is 0 Å². The molecule has 2 aromatic rings. The van der Waals surface area contributed by atoms with Crippen LogP contribution in [0.25, 0.3) is 0 Å². The van der Waals surface area contributed by atoms with Crippen LogP contribution in [0.3, 0.4) is 0 Å². The quantitative estimate of drug-likeness (QED) is 0.655. The molecule has 0 aliphatic carbocycles. The van der Waals surface area contributed by atoms with E-state index in [4.69, 9.17) is 14.2 Å². The van der Waals surface area contributed by atoms with Crippen LogP contribution in [0.4, 0.5) is 5.69 Å². The minimum atomic E-state index is -0.599. The number of esters is 1. The molecule has 0 unspecified atom stereocenters. The molecule has 0 radical (unpaired) electrons. The zero-order valence-corrected chi connectivity index (χ0v) is 14.3. The summed E-state index contributed by atoms with van der Waals surface area (Å²) < 4.78 is 15.5. The summed E-state index contributed by atoms with van der Waals surface area (Å²) in [6.45, 7) is 2.86. The second-order valence-electron chi connectivity index (χ2n) is 5.80. The number of amides is 1. The molecule has 0 fully saturated rings. The molecule has 26 heavy (non-hydrogen) atoms. The summed E-state index contributed by atoms with van der Waals surface area (Å²) in [4.78, 5) is 35.8. The third-order valence-corrected chi connectivity index (χ3v) is 3.79. The first-order valence-electron chi connectivity index (χ1n) is 7.92. The Morgan fingerprint density at radius 2 is 1.73 bits per heavy atom. The van der Waals surface area contributed by atoms with Crippen LogP contribution in [0.15, 0.2) is 36.4 Å². The highest BCUT2D eigenvalue weighted by atomic mass is 16.7. The number of nitrogens with one attached hydrogen (secondary N) is 1. The number of aryl methyl sites for hydroxylation is 1. The van der Waals surface area contributed by atoms with E-state index in [1.54, 1.807) is 24.3 Å². The summed E-state index contributed by atoms with van der Waals surface area (Å²) in [6, 6.07) is 9.84. The number of ether oxygens (including phenoxy) is 3. The van der Waals surface area contributed by atoms with E-state index >= 15 is 0 Å². The standard InChI is InChI=1S/C19H17NO6/c1-11-3-5-13(6-4-11)19(23)24-9-18(22)20-15-8-17-16(25-10-26-17)7-14(15)12(2)21/h3-8H,9-10H2,1-2H3,(H,20,22). The first-order valence-corrected chi connectivity index (χ1v) is 7.92. The highest BCUT2D eigenvalue weighted by molar-refractivity contribution is 6.05. The summed E-state index contributed by atoms with van der Waals surface area (Å²) in [5.41, 5.74) is 1.93. The fourth-order valence-electron chi connectivity index (χ4n) is 2.43. The zero-order valence-electron chi connectivity index (χ0n) is 14.3. The van der Waals surface area contributed by atoms with Crippen molar-refractivity contribution in [3.05, 3.63) is 53.1 Å². The van der Waals surface area contributed by atoms with E-state index in [0.717, 1.165) is 5.56 Å².